The van der Waals surface area contributed by atoms with E-state index in [0.29, 0.717) is 23.8 Å². The molecule has 0 radical (unpaired) electrons. The summed E-state index contributed by atoms with van der Waals surface area (Å²) in [7, 11) is 0. The Morgan fingerprint density at radius 2 is 2.00 bits per heavy atom. The molecule has 0 saturated heterocycles. The summed E-state index contributed by atoms with van der Waals surface area (Å²) in [5.74, 6) is 6.46. The molecule has 1 aliphatic carbocycles. The van der Waals surface area contributed by atoms with Crippen LogP contribution in [0.15, 0.2) is 47.8 Å². The minimum Gasteiger partial charge on any atom is -0.410 e. The number of carbonyl (C=O) groups is 1. The van der Waals surface area contributed by atoms with Crippen LogP contribution in [0.3, 0.4) is 0 Å². The van der Waals surface area contributed by atoms with Crippen LogP contribution in [0.1, 0.15) is 37.7 Å². The highest BCUT2D eigenvalue weighted by atomic mass is 16.6. The number of benzene rings is 1. The van der Waals surface area contributed by atoms with Crippen molar-refractivity contribution >= 4 is 11.9 Å². The molecular weight excluding hydrogens is 342 g/mol. The van der Waals surface area contributed by atoms with Crippen molar-refractivity contribution in [2.45, 2.75) is 32.1 Å². The van der Waals surface area contributed by atoms with Crippen LogP contribution < -0.4 is 21.6 Å². The second-order valence-electron chi connectivity index (χ2n) is 6.78. The molecule has 0 spiro atoms. The van der Waals surface area contributed by atoms with Crippen molar-refractivity contribution in [2.75, 3.05) is 6.54 Å². The van der Waals surface area contributed by atoms with Gasteiger partial charge in [-0.05, 0) is 42.5 Å². The predicted octanol–water partition coefficient (Wildman–Crippen LogP) is 3.00. The van der Waals surface area contributed by atoms with Crippen molar-refractivity contribution in [1.29, 1.82) is 0 Å². The van der Waals surface area contributed by atoms with Gasteiger partial charge < -0.3 is 21.6 Å². The van der Waals surface area contributed by atoms with Gasteiger partial charge >= 0.3 is 6.09 Å². The number of hydrazone groups is 1. The van der Waals surface area contributed by atoms with E-state index in [2.05, 4.69) is 15.4 Å². The molecule has 7 heteroatoms. The van der Waals surface area contributed by atoms with Crippen LogP contribution >= 0.6 is 0 Å². The number of hydrogen-bond donors (Lipinski definition) is 3. The van der Waals surface area contributed by atoms with E-state index in [0.717, 1.165) is 11.1 Å². The molecule has 0 unspecified atom stereocenters. The number of aromatic nitrogens is 1. The lowest BCUT2D eigenvalue weighted by molar-refractivity contribution is 0.196. The molecule has 0 aliphatic heterocycles. The van der Waals surface area contributed by atoms with Gasteiger partial charge in [0.2, 0.25) is 0 Å². The molecule has 1 amide bonds. The predicted molar refractivity (Wildman–Crippen MR) is 105 cm³/mol. The number of pyridine rings is 1. The number of nitrogens with one attached hydrogen (secondary N) is 1. The Balaban J connectivity index is 1.64. The maximum atomic E-state index is 12.1. The smallest absolute Gasteiger partial charge is 0.410 e. The fourth-order valence-electron chi connectivity index (χ4n) is 3.31. The van der Waals surface area contributed by atoms with E-state index < -0.39 is 6.09 Å². The van der Waals surface area contributed by atoms with Crippen molar-refractivity contribution in [3.05, 3.63) is 48.3 Å². The van der Waals surface area contributed by atoms with Gasteiger partial charge in [-0.2, -0.15) is 5.10 Å². The molecule has 27 heavy (non-hydrogen) atoms. The van der Waals surface area contributed by atoms with E-state index >= 15 is 0 Å². The monoisotopic (exact) mass is 367 g/mol. The fraction of sp³-hybridized carbons (Fsp3) is 0.350. The topological polar surface area (TPSA) is 116 Å². The minimum absolute atomic E-state index is 0.207. The molecule has 1 aromatic carbocycles. The molecule has 1 saturated carbocycles. The van der Waals surface area contributed by atoms with Crippen molar-refractivity contribution < 1.29 is 9.53 Å². The largest absolute Gasteiger partial charge is 0.412 e. The highest BCUT2D eigenvalue weighted by Gasteiger charge is 2.15. The standard InChI is InChI=1S/C20H25N5O2/c21-19(25-22)17-9-16(12-23-13-17)15-7-4-8-18(10-15)27-20(26)24-11-14-5-2-1-3-6-14/h4,7-10,12-14H,1-3,5-6,11,22H2,(H2,21,25)(H,24,26). The molecule has 1 heterocycles. The van der Waals surface area contributed by atoms with Crippen molar-refractivity contribution in [1.82, 2.24) is 10.3 Å². The Morgan fingerprint density at radius 3 is 2.78 bits per heavy atom. The summed E-state index contributed by atoms with van der Waals surface area (Å²) in [6.45, 7) is 0.669. The second kappa shape index (κ2) is 9.02. The summed E-state index contributed by atoms with van der Waals surface area (Å²) in [4.78, 5) is 16.3. The number of ether oxygens (including phenoxy) is 1. The molecule has 3 rings (SSSR count). The average Bonchev–Trinajstić information content (AvgIpc) is 2.73. The molecular formula is C20H25N5O2. The van der Waals surface area contributed by atoms with Crippen LogP contribution in [-0.4, -0.2) is 23.5 Å². The third-order valence-corrected chi connectivity index (χ3v) is 4.81. The normalized spacial score (nSPS) is 15.3. The highest BCUT2D eigenvalue weighted by Crippen LogP contribution is 2.25. The summed E-state index contributed by atoms with van der Waals surface area (Å²) >= 11 is 0. The van der Waals surface area contributed by atoms with Crippen LogP contribution in [0.25, 0.3) is 11.1 Å². The van der Waals surface area contributed by atoms with E-state index in [1.807, 2.05) is 18.2 Å². The van der Waals surface area contributed by atoms with Crippen LogP contribution in [0.4, 0.5) is 4.79 Å². The highest BCUT2D eigenvalue weighted by molar-refractivity contribution is 5.97. The first-order valence-corrected chi connectivity index (χ1v) is 9.20. The number of nitrogens with zero attached hydrogens (tertiary/aromatic N) is 2. The Bertz CT molecular complexity index is 816. The van der Waals surface area contributed by atoms with E-state index in [1.54, 1.807) is 24.5 Å². The number of rotatable bonds is 5. The summed E-state index contributed by atoms with van der Waals surface area (Å²) in [6.07, 6.45) is 9.01. The van der Waals surface area contributed by atoms with Gasteiger partial charge in [0.1, 0.15) is 5.75 Å². The van der Waals surface area contributed by atoms with Crippen molar-refractivity contribution in [3.8, 4) is 16.9 Å². The molecule has 0 bridgehead atoms. The fourth-order valence-corrected chi connectivity index (χ4v) is 3.31. The Labute approximate surface area is 158 Å². The van der Waals surface area contributed by atoms with Gasteiger partial charge in [-0.3, -0.25) is 4.98 Å². The van der Waals surface area contributed by atoms with Crippen LogP contribution in [-0.2, 0) is 0 Å². The van der Waals surface area contributed by atoms with Gasteiger partial charge in [-0.1, -0.05) is 31.4 Å². The minimum atomic E-state index is -0.427. The number of nitrogens with two attached hydrogens (primary N) is 2. The third-order valence-electron chi connectivity index (χ3n) is 4.81. The molecule has 1 fully saturated rings. The van der Waals surface area contributed by atoms with Gasteiger partial charge in [-0.25, -0.2) is 4.79 Å². The van der Waals surface area contributed by atoms with E-state index in [1.165, 1.54) is 32.1 Å². The maximum Gasteiger partial charge on any atom is 0.412 e. The van der Waals surface area contributed by atoms with Gasteiger partial charge in [0.15, 0.2) is 5.84 Å². The average molecular weight is 367 g/mol. The Kier molecular flexibility index (Phi) is 6.25. The van der Waals surface area contributed by atoms with Gasteiger partial charge in [0.25, 0.3) is 0 Å². The van der Waals surface area contributed by atoms with E-state index in [9.17, 15) is 4.79 Å². The van der Waals surface area contributed by atoms with Crippen molar-refractivity contribution in [2.24, 2.45) is 22.6 Å². The summed E-state index contributed by atoms with van der Waals surface area (Å²) in [5.41, 5.74) is 8.05. The van der Waals surface area contributed by atoms with E-state index in [4.69, 9.17) is 16.3 Å². The molecule has 0 atom stereocenters. The SMILES string of the molecule is N/N=C(\N)c1cncc(-c2cccc(OC(=O)NCC3CCCCC3)c2)c1. The van der Waals surface area contributed by atoms with Gasteiger partial charge in [0.05, 0.1) is 0 Å². The molecule has 1 aliphatic rings. The van der Waals surface area contributed by atoms with Gasteiger partial charge in [0, 0.05) is 30.1 Å². The summed E-state index contributed by atoms with van der Waals surface area (Å²) in [5, 5.41) is 6.36. The molecule has 1 aromatic heterocycles. The number of amides is 1. The quantitative estimate of drug-likeness (QED) is 0.325. The summed E-state index contributed by atoms with van der Waals surface area (Å²) in [6, 6.07) is 9.10. The first-order valence-electron chi connectivity index (χ1n) is 9.20. The molecule has 5 N–H and O–H groups in total. The van der Waals surface area contributed by atoms with Crippen molar-refractivity contribution in [3.63, 3.8) is 0 Å². The van der Waals surface area contributed by atoms with Crippen LogP contribution in [0.5, 0.6) is 5.75 Å². The lowest BCUT2D eigenvalue weighted by Crippen LogP contribution is -2.32. The number of amidine groups is 1. The zero-order valence-corrected chi connectivity index (χ0v) is 15.2. The summed E-state index contributed by atoms with van der Waals surface area (Å²) < 4.78 is 5.43. The molecule has 2 aromatic rings. The number of hydrogen-bond acceptors (Lipinski definition) is 5. The van der Waals surface area contributed by atoms with Crippen LogP contribution in [0.2, 0.25) is 0 Å². The zero-order chi connectivity index (χ0) is 19.1. The maximum absolute atomic E-state index is 12.1. The van der Waals surface area contributed by atoms with Gasteiger partial charge in [-0.15, -0.1) is 0 Å². The molecule has 142 valence electrons. The first kappa shape index (κ1) is 18.7. The lowest BCUT2D eigenvalue weighted by Gasteiger charge is -2.21. The Hall–Kier alpha value is -3.09. The first-order chi connectivity index (χ1) is 13.2. The van der Waals surface area contributed by atoms with Crippen LogP contribution in [0, 0.1) is 5.92 Å². The third kappa shape index (κ3) is 5.20. The second-order valence-corrected chi connectivity index (χ2v) is 6.78. The lowest BCUT2D eigenvalue weighted by atomic mass is 9.89. The van der Waals surface area contributed by atoms with E-state index in [-0.39, 0.29) is 5.84 Å². The molecule has 7 nitrogen and oxygen atoms in total. The zero-order valence-electron chi connectivity index (χ0n) is 15.2. The Morgan fingerprint density at radius 1 is 1.19 bits per heavy atom. The number of carbonyl (C=O) groups excluding carboxylic acids is 1.